The molecule has 0 saturated heterocycles. The summed E-state index contributed by atoms with van der Waals surface area (Å²) >= 11 is 0. The van der Waals surface area contributed by atoms with E-state index in [9.17, 15) is 4.79 Å². The highest BCUT2D eigenvalue weighted by Crippen LogP contribution is 2.25. The Bertz CT molecular complexity index is 983. The van der Waals surface area contributed by atoms with Gasteiger partial charge in [0.05, 0.1) is 19.2 Å². The summed E-state index contributed by atoms with van der Waals surface area (Å²) in [5.74, 6) is 1.02. The molecular weight excluding hydrogens is 322 g/mol. The zero-order chi connectivity index (χ0) is 18.7. The minimum Gasteiger partial charge on any atom is -0.488 e. The molecule has 2 heterocycles. The highest BCUT2D eigenvalue weighted by Gasteiger charge is 2.17. The lowest BCUT2D eigenvalue weighted by Crippen LogP contribution is -2.23. The molecule has 0 atom stereocenters. The molecule has 1 aromatic carbocycles. The number of ether oxygens (including phenoxy) is 2. The van der Waals surface area contributed by atoms with Crippen molar-refractivity contribution in [2.45, 2.75) is 20.5 Å². The number of nitrogens with zero attached hydrogens (tertiary/aromatic N) is 5. The van der Waals surface area contributed by atoms with Crippen LogP contribution in [0.4, 0.5) is 0 Å². The second-order valence-electron chi connectivity index (χ2n) is 5.32. The van der Waals surface area contributed by atoms with Gasteiger partial charge in [0.1, 0.15) is 12.4 Å². The number of para-hydroxylation sites is 1. The van der Waals surface area contributed by atoms with Gasteiger partial charge in [-0.1, -0.05) is 18.2 Å². The second kappa shape index (κ2) is 7.16. The van der Waals surface area contributed by atoms with Crippen LogP contribution in [-0.4, -0.2) is 31.4 Å². The molecule has 3 aromatic rings. The molecule has 0 unspecified atom stereocenters. The maximum atomic E-state index is 12.2. The maximum Gasteiger partial charge on any atom is 0.368 e. The molecule has 0 saturated carbocycles. The van der Waals surface area contributed by atoms with Crippen LogP contribution < -0.4 is 15.2 Å². The third-order valence-corrected chi connectivity index (χ3v) is 3.61. The fraction of sp³-hybridized carbons (Fsp3) is 0.294. The van der Waals surface area contributed by atoms with Crippen molar-refractivity contribution in [2.75, 3.05) is 6.61 Å². The molecule has 8 heteroatoms. The number of hydrogen-bond acceptors (Lipinski definition) is 6. The van der Waals surface area contributed by atoms with Gasteiger partial charge in [0.25, 0.3) is 0 Å². The van der Waals surface area contributed by atoms with Crippen LogP contribution in [0.5, 0.6) is 11.6 Å². The van der Waals surface area contributed by atoms with Gasteiger partial charge in [-0.2, -0.15) is 9.36 Å². The van der Waals surface area contributed by atoms with E-state index in [1.165, 1.54) is 11.7 Å². The zero-order valence-electron chi connectivity index (χ0n) is 15.3. The van der Waals surface area contributed by atoms with Crippen molar-refractivity contribution >= 4 is 0 Å². The average Bonchev–Trinajstić information content (AvgIpc) is 2.94. The number of aromatic nitrogens is 5. The van der Waals surface area contributed by atoms with E-state index in [1.54, 1.807) is 30.5 Å². The third-order valence-electron chi connectivity index (χ3n) is 3.61. The minimum absolute atomic E-state index is 0.125. The SMILES string of the molecule is [3H]c1ccc(OCc2c(-n3nnn(C)c3=O)ccnc2OCC)c(C)c1. The van der Waals surface area contributed by atoms with Gasteiger partial charge in [0, 0.05) is 13.2 Å². The lowest BCUT2D eigenvalue weighted by molar-refractivity contribution is 0.278. The molecule has 0 N–H and O–H groups in total. The summed E-state index contributed by atoms with van der Waals surface area (Å²) < 4.78 is 21.5. The fourth-order valence-corrected chi connectivity index (χ4v) is 2.34. The van der Waals surface area contributed by atoms with E-state index in [-0.39, 0.29) is 12.3 Å². The number of hydrogen-bond donors (Lipinski definition) is 0. The molecule has 130 valence electrons. The van der Waals surface area contributed by atoms with Crippen LogP contribution in [0.1, 0.15) is 19.4 Å². The van der Waals surface area contributed by atoms with E-state index in [1.807, 2.05) is 13.8 Å². The minimum atomic E-state index is -0.380. The van der Waals surface area contributed by atoms with Gasteiger partial charge < -0.3 is 9.47 Å². The van der Waals surface area contributed by atoms with Gasteiger partial charge in [-0.05, 0) is 42.0 Å². The Morgan fingerprint density at radius 3 is 2.76 bits per heavy atom. The van der Waals surface area contributed by atoms with E-state index in [0.717, 1.165) is 10.2 Å². The van der Waals surface area contributed by atoms with Gasteiger partial charge in [-0.15, -0.1) is 0 Å². The second-order valence-corrected chi connectivity index (χ2v) is 5.32. The first-order valence-electron chi connectivity index (χ1n) is 8.31. The van der Waals surface area contributed by atoms with Gasteiger partial charge in [-0.3, -0.25) is 0 Å². The van der Waals surface area contributed by atoms with E-state index >= 15 is 0 Å². The van der Waals surface area contributed by atoms with Gasteiger partial charge in [0.2, 0.25) is 5.88 Å². The summed E-state index contributed by atoms with van der Waals surface area (Å²) in [7, 11) is 1.53. The van der Waals surface area contributed by atoms with E-state index in [4.69, 9.17) is 10.8 Å². The molecule has 0 aliphatic rings. The summed E-state index contributed by atoms with van der Waals surface area (Å²) in [4.78, 5) is 16.5. The predicted octanol–water partition coefficient (Wildman–Crippen LogP) is 1.65. The molecule has 0 amide bonds. The topological polar surface area (TPSA) is 84.1 Å². The number of benzene rings is 1. The van der Waals surface area contributed by atoms with Crippen molar-refractivity contribution in [1.82, 2.24) is 24.8 Å². The van der Waals surface area contributed by atoms with Crippen LogP contribution in [0.15, 0.2) is 41.3 Å². The summed E-state index contributed by atoms with van der Waals surface area (Å²) in [5.41, 5.74) is 1.55. The molecule has 0 spiro atoms. The normalized spacial score (nSPS) is 11.2. The highest BCUT2D eigenvalue weighted by atomic mass is 16.5. The Kier molecular flexibility index (Phi) is 4.40. The summed E-state index contributed by atoms with van der Waals surface area (Å²) in [5, 5.41) is 7.63. The molecular formula is C17H19N5O3. The van der Waals surface area contributed by atoms with Crippen LogP contribution >= 0.6 is 0 Å². The molecule has 0 fully saturated rings. The fourth-order valence-electron chi connectivity index (χ4n) is 2.34. The summed E-state index contributed by atoms with van der Waals surface area (Å²) in [6, 6.07) is 7.19. The molecule has 0 aliphatic carbocycles. The van der Waals surface area contributed by atoms with Gasteiger partial charge in [-0.25, -0.2) is 9.78 Å². The Balaban J connectivity index is 2.00. The maximum absolute atomic E-state index is 12.2. The standard InChI is InChI=1S/C17H19N5O3/c1-4-24-16-13(11-25-15-8-6-5-7-12(15)2)14(9-10-18-16)22-17(23)21(3)19-20-22/h5-10H,4,11H2,1-3H3/i5T. The van der Waals surface area contributed by atoms with E-state index in [0.29, 0.717) is 35.5 Å². The quantitative estimate of drug-likeness (QED) is 0.677. The molecule has 0 bridgehead atoms. The van der Waals surface area contributed by atoms with E-state index < -0.39 is 0 Å². The number of pyridine rings is 1. The monoisotopic (exact) mass is 343 g/mol. The molecule has 0 radical (unpaired) electrons. The van der Waals surface area contributed by atoms with Crippen molar-refractivity contribution in [1.29, 1.82) is 0 Å². The predicted molar refractivity (Wildman–Crippen MR) is 91.1 cm³/mol. The van der Waals surface area contributed by atoms with Crippen LogP contribution in [0.25, 0.3) is 5.69 Å². The van der Waals surface area contributed by atoms with E-state index in [2.05, 4.69) is 15.4 Å². The third kappa shape index (κ3) is 3.37. The van der Waals surface area contributed by atoms with Crippen molar-refractivity contribution in [3.63, 3.8) is 0 Å². The first kappa shape index (κ1) is 15.4. The van der Waals surface area contributed by atoms with Crippen molar-refractivity contribution in [3.8, 4) is 17.3 Å². The van der Waals surface area contributed by atoms with Gasteiger partial charge in [0.15, 0.2) is 0 Å². The van der Waals surface area contributed by atoms with Crippen LogP contribution in [0, 0.1) is 6.92 Å². The Morgan fingerprint density at radius 2 is 2.08 bits per heavy atom. The number of rotatable bonds is 6. The Hall–Kier alpha value is -3.16. The summed E-state index contributed by atoms with van der Waals surface area (Å²) in [6.45, 7) is 4.27. The van der Waals surface area contributed by atoms with Crippen molar-refractivity contribution in [3.05, 3.63) is 58.1 Å². The summed E-state index contributed by atoms with van der Waals surface area (Å²) in [6.07, 6.45) is 1.55. The van der Waals surface area contributed by atoms with Crippen LogP contribution in [-0.2, 0) is 13.7 Å². The van der Waals surface area contributed by atoms with Crippen molar-refractivity contribution in [2.24, 2.45) is 7.05 Å². The zero-order valence-corrected chi connectivity index (χ0v) is 14.3. The Labute approximate surface area is 146 Å². The van der Waals surface area contributed by atoms with Gasteiger partial charge >= 0.3 is 5.69 Å². The molecule has 3 rings (SSSR count). The molecule has 25 heavy (non-hydrogen) atoms. The average molecular weight is 343 g/mol. The first-order chi connectivity index (χ1) is 12.5. The van der Waals surface area contributed by atoms with Crippen LogP contribution in [0.3, 0.4) is 0 Å². The lowest BCUT2D eigenvalue weighted by atomic mass is 10.2. The number of aryl methyl sites for hydroxylation is 2. The van der Waals surface area contributed by atoms with Crippen molar-refractivity contribution < 1.29 is 10.8 Å². The smallest absolute Gasteiger partial charge is 0.368 e. The highest BCUT2D eigenvalue weighted by molar-refractivity contribution is 5.45. The van der Waals surface area contributed by atoms with Crippen LogP contribution in [0.2, 0.25) is 0 Å². The largest absolute Gasteiger partial charge is 0.488 e. The molecule has 8 nitrogen and oxygen atoms in total. The lowest BCUT2D eigenvalue weighted by Gasteiger charge is -2.14. The number of tetrazole rings is 1. The molecule has 2 aromatic heterocycles. The molecule has 0 aliphatic heterocycles. The Morgan fingerprint density at radius 1 is 1.24 bits per heavy atom. The first-order valence-corrected chi connectivity index (χ1v) is 7.81.